The lowest BCUT2D eigenvalue weighted by atomic mass is 10.1. The van der Waals surface area contributed by atoms with Crippen LogP contribution in [0.2, 0.25) is 0 Å². The zero-order valence-electron chi connectivity index (χ0n) is 11.3. The van der Waals surface area contributed by atoms with E-state index in [9.17, 15) is 0 Å². The fourth-order valence-corrected chi connectivity index (χ4v) is 3.37. The molecule has 1 aromatic rings. The van der Waals surface area contributed by atoms with Gasteiger partial charge < -0.3 is 19.5 Å². The van der Waals surface area contributed by atoms with Gasteiger partial charge in [-0.05, 0) is 18.4 Å². The molecule has 0 bridgehead atoms. The van der Waals surface area contributed by atoms with E-state index < -0.39 is 0 Å². The Bertz CT molecular complexity index is 389. The van der Waals surface area contributed by atoms with Crippen LogP contribution >= 0.6 is 11.3 Å². The van der Waals surface area contributed by atoms with Gasteiger partial charge in [0.1, 0.15) is 0 Å². The zero-order chi connectivity index (χ0) is 13.1. The topological polar surface area (TPSA) is 39.7 Å². The first-order valence-corrected chi connectivity index (χ1v) is 7.82. The third-order valence-corrected chi connectivity index (χ3v) is 4.85. The van der Waals surface area contributed by atoms with Gasteiger partial charge in [-0.25, -0.2) is 0 Å². The van der Waals surface area contributed by atoms with E-state index in [1.165, 1.54) is 4.88 Å². The Morgan fingerprint density at radius 1 is 1.47 bits per heavy atom. The summed E-state index contributed by atoms with van der Waals surface area (Å²) in [5.74, 6) is -0.364. The second-order valence-corrected chi connectivity index (χ2v) is 6.20. The van der Waals surface area contributed by atoms with Gasteiger partial charge in [0.15, 0.2) is 5.79 Å². The lowest BCUT2D eigenvalue weighted by Gasteiger charge is -2.31. The van der Waals surface area contributed by atoms with E-state index in [-0.39, 0.29) is 11.9 Å². The van der Waals surface area contributed by atoms with Crippen molar-refractivity contribution in [1.82, 2.24) is 5.32 Å². The van der Waals surface area contributed by atoms with Crippen LogP contribution in [0.15, 0.2) is 17.5 Å². The number of ether oxygens (including phenoxy) is 3. The highest BCUT2D eigenvalue weighted by atomic mass is 32.1. The van der Waals surface area contributed by atoms with E-state index in [2.05, 4.69) is 29.8 Å². The highest BCUT2D eigenvalue weighted by Crippen LogP contribution is 2.33. The second-order valence-electron chi connectivity index (χ2n) is 5.22. The van der Waals surface area contributed by atoms with E-state index in [1.54, 1.807) is 11.3 Å². The Morgan fingerprint density at radius 2 is 2.32 bits per heavy atom. The van der Waals surface area contributed by atoms with Crippen LogP contribution in [0.1, 0.15) is 30.7 Å². The quantitative estimate of drug-likeness (QED) is 0.920. The number of rotatable bonds is 4. The molecular weight excluding hydrogens is 262 g/mol. The van der Waals surface area contributed by atoms with E-state index in [0.717, 1.165) is 32.6 Å². The van der Waals surface area contributed by atoms with Gasteiger partial charge in [0, 0.05) is 30.3 Å². The van der Waals surface area contributed by atoms with Crippen molar-refractivity contribution in [1.29, 1.82) is 0 Å². The van der Waals surface area contributed by atoms with Crippen molar-refractivity contribution in [3.05, 3.63) is 22.4 Å². The Hall–Kier alpha value is -0.460. The fraction of sp³-hybridized carbons (Fsp3) is 0.714. The lowest BCUT2D eigenvalue weighted by Crippen LogP contribution is -2.39. The summed E-state index contributed by atoms with van der Waals surface area (Å²) in [4.78, 5) is 1.36. The molecule has 0 aromatic carbocycles. The van der Waals surface area contributed by atoms with Crippen molar-refractivity contribution in [2.45, 2.75) is 37.7 Å². The van der Waals surface area contributed by atoms with Crippen molar-refractivity contribution in [2.75, 3.05) is 26.4 Å². The molecule has 2 aliphatic heterocycles. The van der Waals surface area contributed by atoms with Gasteiger partial charge in [0.05, 0.1) is 25.9 Å². The largest absolute Gasteiger partial charge is 0.381 e. The average Bonchev–Trinajstić information content (AvgIpc) is 3.08. The monoisotopic (exact) mass is 283 g/mol. The zero-order valence-corrected chi connectivity index (χ0v) is 12.1. The minimum atomic E-state index is -0.364. The minimum Gasteiger partial charge on any atom is -0.381 e. The Labute approximate surface area is 118 Å². The molecule has 2 aliphatic rings. The summed E-state index contributed by atoms with van der Waals surface area (Å²) < 4.78 is 17.3. The maximum absolute atomic E-state index is 6.10. The standard InChI is InChI=1S/C14H21NO3S/c1-11(13-3-2-8-19-13)15-9-12-10-17-14(18-12)4-6-16-7-5-14/h2-3,8,11-12,15H,4-7,9-10H2,1H3/t11-,12-/m1/s1. The summed E-state index contributed by atoms with van der Waals surface area (Å²) in [5.41, 5.74) is 0. The molecule has 2 saturated heterocycles. The van der Waals surface area contributed by atoms with Crippen LogP contribution in [0.4, 0.5) is 0 Å². The molecular formula is C14H21NO3S. The SMILES string of the molecule is C[C@@H](NC[C@@H]1COC2(CCOCC2)O1)c1cccs1. The summed E-state index contributed by atoms with van der Waals surface area (Å²) in [5, 5.41) is 5.63. The van der Waals surface area contributed by atoms with Crippen LogP contribution in [0.3, 0.4) is 0 Å². The molecule has 4 nitrogen and oxygen atoms in total. The summed E-state index contributed by atoms with van der Waals surface area (Å²) >= 11 is 1.78. The molecule has 5 heteroatoms. The van der Waals surface area contributed by atoms with Gasteiger partial charge >= 0.3 is 0 Å². The lowest BCUT2D eigenvalue weighted by molar-refractivity contribution is -0.210. The Morgan fingerprint density at radius 3 is 3.05 bits per heavy atom. The highest BCUT2D eigenvalue weighted by molar-refractivity contribution is 7.10. The molecule has 0 saturated carbocycles. The van der Waals surface area contributed by atoms with Crippen LogP contribution in [0, 0.1) is 0 Å². The first-order valence-electron chi connectivity index (χ1n) is 6.94. The van der Waals surface area contributed by atoms with Crippen LogP contribution < -0.4 is 5.32 Å². The molecule has 0 amide bonds. The highest BCUT2D eigenvalue weighted by Gasteiger charge is 2.42. The number of hydrogen-bond donors (Lipinski definition) is 1. The number of hydrogen-bond acceptors (Lipinski definition) is 5. The molecule has 2 fully saturated rings. The molecule has 3 heterocycles. The van der Waals surface area contributed by atoms with Gasteiger partial charge in [0.25, 0.3) is 0 Å². The van der Waals surface area contributed by atoms with Crippen molar-refractivity contribution in [3.63, 3.8) is 0 Å². The molecule has 19 heavy (non-hydrogen) atoms. The molecule has 1 N–H and O–H groups in total. The number of thiophene rings is 1. The average molecular weight is 283 g/mol. The Kier molecular flexibility index (Phi) is 4.19. The predicted octanol–water partition coefficient (Wildman–Crippen LogP) is 2.32. The van der Waals surface area contributed by atoms with Crippen LogP contribution in [-0.2, 0) is 14.2 Å². The van der Waals surface area contributed by atoms with Crippen molar-refractivity contribution in [3.8, 4) is 0 Å². The Balaban J connectivity index is 1.47. The van der Waals surface area contributed by atoms with E-state index in [4.69, 9.17) is 14.2 Å². The van der Waals surface area contributed by atoms with Gasteiger partial charge in [0.2, 0.25) is 0 Å². The molecule has 0 unspecified atom stereocenters. The van der Waals surface area contributed by atoms with Gasteiger partial charge in [-0.15, -0.1) is 11.3 Å². The van der Waals surface area contributed by atoms with E-state index in [1.807, 2.05) is 0 Å². The van der Waals surface area contributed by atoms with Crippen molar-refractivity contribution >= 4 is 11.3 Å². The van der Waals surface area contributed by atoms with Gasteiger partial charge in [-0.2, -0.15) is 0 Å². The first kappa shape index (κ1) is 13.5. The number of nitrogens with one attached hydrogen (secondary N) is 1. The third-order valence-electron chi connectivity index (χ3n) is 3.79. The predicted molar refractivity (Wildman–Crippen MR) is 74.3 cm³/mol. The van der Waals surface area contributed by atoms with Crippen molar-refractivity contribution in [2.24, 2.45) is 0 Å². The van der Waals surface area contributed by atoms with E-state index in [0.29, 0.717) is 12.6 Å². The smallest absolute Gasteiger partial charge is 0.173 e. The first-order chi connectivity index (χ1) is 9.27. The van der Waals surface area contributed by atoms with Crippen LogP contribution in [0.5, 0.6) is 0 Å². The maximum Gasteiger partial charge on any atom is 0.173 e. The molecule has 0 aliphatic carbocycles. The molecule has 2 atom stereocenters. The normalized spacial score (nSPS) is 27.7. The maximum atomic E-state index is 6.10. The molecule has 1 spiro atoms. The van der Waals surface area contributed by atoms with Crippen molar-refractivity contribution < 1.29 is 14.2 Å². The second kappa shape index (κ2) is 5.89. The minimum absolute atomic E-state index is 0.153. The summed E-state index contributed by atoms with van der Waals surface area (Å²) in [6.45, 7) is 5.19. The third kappa shape index (κ3) is 3.17. The molecule has 1 aromatic heterocycles. The summed E-state index contributed by atoms with van der Waals surface area (Å²) in [6, 6.07) is 4.62. The van der Waals surface area contributed by atoms with Crippen LogP contribution in [0.25, 0.3) is 0 Å². The molecule has 0 radical (unpaired) electrons. The molecule has 3 rings (SSSR count). The fourth-order valence-electron chi connectivity index (χ4n) is 2.61. The molecule has 106 valence electrons. The van der Waals surface area contributed by atoms with Gasteiger partial charge in [-0.3, -0.25) is 0 Å². The van der Waals surface area contributed by atoms with Crippen LogP contribution in [-0.4, -0.2) is 38.3 Å². The summed E-state index contributed by atoms with van der Waals surface area (Å²) in [7, 11) is 0. The summed E-state index contributed by atoms with van der Waals surface area (Å²) in [6.07, 6.45) is 1.86. The van der Waals surface area contributed by atoms with E-state index >= 15 is 0 Å². The van der Waals surface area contributed by atoms with Gasteiger partial charge in [-0.1, -0.05) is 6.07 Å².